The fourth-order valence-corrected chi connectivity index (χ4v) is 1.99. The Labute approximate surface area is 106 Å². The Balaban J connectivity index is 2.41. The van der Waals surface area contributed by atoms with E-state index in [1.165, 1.54) is 0 Å². The van der Waals surface area contributed by atoms with Crippen LogP contribution in [0.1, 0.15) is 17.0 Å². The van der Waals surface area contributed by atoms with E-state index in [1.54, 1.807) is 0 Å². The summed E-state index contributed by atoms with van der Waals surface area (Å²) >= 11 is 6.01. The number of nitrogens with zero attached hydrogens (tertiary/aromatic N) is 2. The summed E-state index contributed by atoms with van der Waals surface area (Å²) < 4.78 is 1.87. The third-order valence-corrected chi connectivity index (χ3v) is 3.20. The first-order valence-electron chi connectivity index (χ1n) is 5.52. The highest BCUT2D eigenvalue weighted by molar-refractivity contribution is 6.30. The highest BCUT2D eigenvalue weighted by Crippen LogP contribution is 2.27. The fourth-order valence-electron chi connectivity index (χ4n) is 1.82. The second kappa shape index (κ2) is 4.41. The predicted molar refractivity (Wildman–Crippen MR) is 72.2 cm³/mol. The maximum Gasteiger partial charge on any atom is 0.0831 e. The van der Waals surface area contributed by atoms with Crippen molar-refractivity contribution in [3.8, 4) is 0 Å². The van der Waals surface area contributed by atoms with Crippen LogP contribution in [0, 0.1) is 20.8 Å². The van der Waals surface area contributed by atoms with Crippen LogP contribution in [0.4, 0.5) is 11.4 Å². The Bertz CT molecular complexity index is 558. The van der Waals surface area contributed by atoms with E-state index in [0.29, 0.717) is 0 Å². The molecule has 0 bridgehead atoms. The third-order valence-electron chi connectivity index (χ3n) is 2.97. The molecule has 0 spiro atoms. The van der Waals surface area contributed by atoms with Gasteiger partial charge in [-0.3, -0.25) is 4.68 Å². The molecule has 2 aromatic rings. The monoisotopic (exact) mass is 249 g/mol. The summed E-state index contributed by atoms with van der Waals surface area (Å²) in [6.45, 7) is 6.09. The molecule has 1 aromatic heterocycles. The summed E-state index contributed by atoms with van der Waals surface area (Å²) in [5, 5.41) is 8.52. The number of aryl methyl sites for hydroxylation is 3. The van der Waals surface area contributed by atoms with Crippen LogP contribution >= 0.6 is 11.6 Å². The first-order valence-corrected chi connectivity index (χ1v) is 5.90. The highest BCUT2D eigenvalue weighted by atomic mass is 35.5. The summed E-state index contributed by atoms with van der Waals surface area (Å²) in [5.74, 6) is 0. The molecule has 0 radical (unpaired) electrons. The Hall–Kier alpha value is -1.48. The van der Waals surface area contributed by atoms with Gasteiger partial charge in [0.1, 0.15) is 0 Å². The van der Waals surface area contributed by atoms with Crippen molar-refractivity contribution in [3.05, 3.63) is 40.2 Å². The van der Waals surface area contributed by atoms with Gasteiger partial charge in [0.2, 0.25) is 0 Å². The number of nitrogens with one attached hydrogen (secondary N) is 1. The SMILES string of the molecule is Cc1ccc(Cl)cc1Nc1c(C)nn(C)c1C. The summed E-state index contributed by atoms with van der Waals surface area (Å²) in [6.07, 6.45) is 0. The van der Waals surface area contributed by atoms with E-state index in [2.05, 4.69) is 17.3 Å². The van der Waals surface area contributed by atoms with Gasteiger partial charge in [-0.2, -0.15) is 5.10 Å². The van der Waals surface area contributed by atoms with Crippen LogP contribution < -0.4 is 5.32 Å². The van der Waals surface area contributed by atoms with E-state index in [4.69, 9.17) is 11.6 Å². The van der Waals surface area contributed by atoms with Gasteiger partial charge >= 0.3 is 0 Å². The standard InChI is InChI=1S/C13H16ClN3/c1-8-5-6-11(14)7-12(8)15-13-9(2)16-17(4)10(13)3/h5-7,15H,1-4H3. The van der Waals surface area contributed by atoms with Gasteiger partial charge in [0.25, 0.3) is 0 Å². The van der Waals surface area contributed by atoms with E-state index < -0.39 is 0 Å². The van der Waals surface area contributed by atoms with Crippen molar-refractivity contribution in [3.63, 3.8) is 0 Å². The fraction of sp³-hybridized carbons (Fsp3) is 0.308. The minimum absolute atomic E-state index is 0.734. The van der Waals surface area contributed by atoms with E-state index in [0.717, 1.165) is 33.3 Å². The van der Waals surface area contributed by atoms with Crippen molar-refractivity contribution < 1.29 is 0 Å². The normalized spacial score (nSPS) is 10.6. The van der Waals surface area contributed by atoms with Gasteiger partial charge in [-0.15, -0.1) is 0 Å². The van der Waals surface area contributed by atoms with Gasteiger partial charge < -0.3 is 5.32 Å². The maximum atomic E-state index is 6.01. The van der Waals surface area contributed by atoms with Crippen molar-refractivity contribution in [1.82, 2.24) is 9.78 Å². The summed E-state index contributed by atoms with van der Waals surface area (Å²) in [6, 6.07) is 5.83. The van der Waals surface area contributed by atoms with Crippen LogP contribution in [-0.2, 0) is 7.05 Å². The minimum Gasteiger partial charge on any atom is -0.352 e. The number of hydrogen-bond donors (Lipinski definition) is 1. The molecular weight excluding hydrogens is 234 g/mol. The molecule has 17 heavy (non-hydrogen) atoms. The van der Waals surface area contributed by atoms with Crippen LogP contribution in [0.25, 0.3) is 0 Å². The third kappa shape index (κ3) is 2.29. The largest absolute Gasteiger partial charge is 0.352 e. The smallest absolute Gasteiger partial charge is 0.0831 e. The van der Waals surface area contributed by atoms with Gasteiger partial charge in [-0.1, -0.05) is 17.7 Å². The zero-order chi connectivity index (χ0) is 12.6. The zero-order valence-electron chi connectivity index (χ0n) is 10.5. The van der Waals surface area contributed by atoms with Gasteiger partial charge in [-0.05, 0) is 38.5 Å². The second-order valence-corrected chi connectivity index (χ2v) is 4.69. The van der Waals surface area contributed by atoms with Crippen LogP contribution in [0.2, 0.25) is 5.02 Å². The Morgan fingerprint density at radius 2 is 1.94 bits per heavy atom. The lowest BCUT2D eigenvalue weighted by atomic mass is 10.2. The van der Waals surface area contributed by atoms with Gasteiger partial charge in [0.15, 0.2) is 0 Å². The quantitative estimate of drug-likeness (QED) is 0.879. The molecule has 0 aliphatic rings. The van der Waals surface area contributed by atoms with Crippen LogP contribution in [-0.4, -0.2) is 9.78 Å². The summed E-state index contributed by atoms with van der Waals surface area (Å²) in [4.78, 5) is 0. The molecule has 0 aliphatic heterocycles. The Kier molecular flexibility index (Phi) is 3.11. The number of halogens is 1. The van der Waals surface area contributed by atoms with E-state index >= 15 is 0 Å². The lowest BCUT2D eigenvalue weighted by molar-refractivity contribution is 0.731. The molecule has 2 rings (SSSR count). The summed E-state index contributed by atoms with van der Waals surface area (Å²) in [5.41, 5.74) is 5.35. The number of rotatable bonds is 2. The average Bonchev–Trinajstić information content (AvgIpc) is 2.50. The highest BCUT2D eigenvalue weighted by Gasteiger charge is 2.10. The molecule has 0 aliphatic carbocycles. The van der Waals surface area contributed by atoms with Crippen molar-refractivity contribution >= 4 is 23.0 Å². The lowest BCUT2D eigenvalue weighted by Gasteiger charge is -2.10. The predicted octanol–water partition coefficient (Wildman–Crippen LogP) is 3.74. The molecule has 0 amide bonds. The molecule has 0 saturated carbocycles. The first-order chi connectivity index (χ1) is 7.99. The van der Waals surface area contributed by atoms with E-state index in [1.807, 2.05) is 43.8 Å². The van der Waals surface area contributed by atoms with Crippen molar-refractivity contribution in [2.45, 2.75) is 20.8 Å². The van der Waals surface area contributed by atoms with Gasteiger partial charge in [0.05, 0.1) is 17.1 Å². The minimum atomic E-state index is 0.734. The number of benzene rings is 1. The number of hydrogen-bond acceptors (Lipinski definition) is 2. The Morgan fingerprint density at radius 1 is 1.24 bits per heavy atom. The summed E-state index contributed by atoms with van der Waals surface area (Å²) in [7, 11) is 1.94. The molecule has 1 N–H and O–H groups in total. The van der Waals surface area contributed by atoms with Gasteiger partial charge in [0, 0.05) is 17.8 Å². The number of anilines is 2. The molecule has 90 valence electrons. The van der Waals surface area contributed by atoms with Gasteiger partial charge in [-0.25, -0.2) is 0 Å². The van der Waals surface area contributed by atoms with Crippen LogP contribution in [0.5, 0.6) is 0 Å². The van der Waals surface area contributed by atoms with Crippen molar-refractivity contribution in [2.75, 3.05) is 5.32 Å². The molecule has 0 fully saturated rings. The lowest BCUT2D eigenvalue weighted by Crippen LogP contribution is -1.97. The Morgan fingerprint density at radius 3 is 2.53 bits per heavy atom. The topological polar surface area (TPSA) is 29.9 Å². The zero-order valence-corrected chi connectivity index (χ0v) is 11.3. The van der Waals surface area contributed by atoms with Crippen molar-refractivity contribution in [2.24, 2.45) is 7.05 Å². The first kappa shape index (κ1) is 12.0. The molecule has 1 heterocycles. The second-order valence-electron chi connectivity index (χ2n) is 4.25. The van der Waals surface area contributed by atoms with E-state index in [9.17, 15) is 0 Å². The molecule has 0 unspecified atom stereocenters. The molecule has 4 heteroatoms. The van der Waals surface area contributed by atoms with Crippen LogP contribution in [0.3, 0.4) is 0 Å². The molecule has 3 nitrogen and oxygen atoms in total. The van der Waals surface area contributed by atoms with Crippen LogP contribution in [0.15, 0.2) is 18.2 Å². The molecule has 0 atom stereocenters. The molecule has 1 aromatic carbocycles. The molecule has 0 saturated heterocycles. The van der Waals surface area contributed by atoms with Crippen molar-refractivity contribution in [1.29, 1.82) is 0 Å². The maximum absolute atomic E-state index is 6.01. The molecular formula is C13H16ClN3. The number of aromatic nitrogens is 2. The average molecular weight is 250 g/mol. The van der Waals surface area contributed by atoms with E-state index in [-0.39, 0.29) is 0 Å².